The molecular formula is C23H31F3O3. The molecule has 29 heavy (non-hydrogen) atoms. The molecule has 3 nitrogen and oxygen atoms in total. The molecule has 0 radical (unpaired) electrons. The Balaban J connectivity index is 1.84. The molecule has 0 saturated heterocycles. The molecule has 1 aliphatic rings. The number of halogens is 3. The van der Waals surface area contributed by atoms with E-state index in [0.29, 0.717) is 0 Å². The van der Waals surface area contributed by atoms with Crippen molar-refractivity contribution in [2.45, 2.75) is 63.8 Å². The van der Waals surface area contributed by atoms with E-state index in [1.807, 2.05) is 6.08 Å². The monoisotopic (exact) mass is 412 g/mol. The molecule has 4 atom stereocenters. The van der Waals surface area contributed by atoms with Crippen LogP contribution >= 0.6 is 0 Å². The smallest absolute Gasteiger partial charge is 0.416 e. The van der Waals surface area contributed by atoms with Gasteiger partial charge in [0.15, 0.2) is 0 Å². The van der Waals surface area contributed by atoms with Gasteiger partial charge in [-0.15, -0.1) is 0 Å². The number of hydrogen-bond donors (Lipinski definition) is 2. The molecule has 0 heterocycles. The lowest BCUT2D eigenvalue weighted by atomic mass is 9.90. The van der Waals surface area contributed by atoms with E-state index in [0.717, 1.165) is 50.7 Å². The van der Waals surface area contributed by atoms with Gasteiger partial charge in [0.1, 0.15) is 18.5 Å². The number of rotatable bonds is 10. The van der Waals surface area contributed by atoms with Gasteiger partial charge in [-0.3, -0.25) is 0 Å². The van der Waals surface area contributed by atoms with Crippen LogP contribution in [0.4, 0.5) is 13.2 Å². The van der Waals surface area contributed by atoms with E-state index in [9.17, 15) is 23.4 Å². The third-order valence-corrected chi connectivity index (χ3v) is 5.30. The first kappa shape index (κ1) is 23.5. The van der Waals surface area contributed by atoms with Gasteiger partial charge in [-0.05, 0) is 55.7 Å². The maximum Gasteiger partial charge on any atom is 0.416 e. The molecule has 2 N–H and O–H groups in total. The molecule has 1 aromatic carbocycles. The second-order valence-electron chi connectivity index (χ2n) is 7.61. The van der Waals surface area contributed by atoms with Crippen molar-refractivity contribution >= 4 is 0 Å². The van der Waals surface area contributed by atoms with Crippen molar-refractivity contribution in [3.8, 4) is 5.75 Å². The van der Waals surface area contributed by atoms with Crippen LogP contribution in [0.5, 0.6) is 5.75 Å². The van der Waals surface area contributed by atoms with E-state index in [4.69, 9.17) is 4.74 Å². The van der Waals surface area contributed by atoms with Crippen molar-refractivity contribution in [2.24, 2.45) is 11.8 Å². The lowest BCUT2D eigenvalue weighted by molar-refractivity contribution is -0.137. The Morgan fingerprint density at radius 1 is 1.24 bits per heavy atom. The van der Waals surface area contributed by atoms with Gasteiger partial charge in [-0.25, -0.2) is 0 Å². The fourth-order valence-corrected chi connectivity index (χ4v) is 3.61. The summed E-state index contributed by atoms with van der Waals surface area (Å²) in [7, 11) is 0. The van der Waals surface area contributed by atoms with Crippen LogP contribution in [0.1, 0.15) is 51.0 Å². The van der Waals surface area contributed by atoms with Crippen LogP contribution in [0.15, 0.2) is 48.6 Å². The molecule has 0 aliphatic heterocycles. The molecule has 0 unspecified atom stereocenters. The minimum Gasteiger partial charge on any atom is -0.491 e. The summed E-state index contributed by atoms with van der Waals surface area (Å²) in [6.45, 7) is 2.02. The Labute approximate surface area is 170 Å². The number of unbranched alkanes of at least 4 members (excludes halogenated alkanes) is 2. The molecule has 0 aromatic heterocycles. The maximum absolute atomic E-state index is 12.7. The number of alkyl halides is 3. The first-order valence-electron chi connectivity index (χ1n) is 10.3. The summed E-state index contributed by atoms with van der Waals surface area (Å²) < 4.78 is 43.5. The van der Waals surface area contributed by atoms with Crippen LogP contribution in [0.25, 0.3) is 0 Å². The average molecular weight is 412 g/mol. The summed E-state index contributed by atoms with van der Waals surface area (Å²) in [4.78, 5) is 0. The van der Waals surface area contributed by atoms with Crippen molar-refractivity contribution in [3.63, 3.8) is 0 Å². The predicted molar refractivity (Wildman–Crippen MR) is 108 cm³/mol. The zero-order valence-corrected chi connectivity index (χ0v) is 16.8. The Morgan fingerprint density at radius 2 is 2.03 bits per heavy atom. The largest absolute Gasteiger partial charge is 0.491 e. The van der Waals surface area contributed by atoms with E-state index in [1.165, 1.54) is 12.1 Å². The first-order valence-corrected chi connectivity index (χ1v) is 10.3. The van der Waals surface area contributed by atoms with Crippen molar-refractivity contribution < 1.29 is 28.1 Å². The zero-order chi connectivity index (χ0) is 21.3. The van der Waals surface area contributed by atoms with Crippen LogP contribution in [-0.4, -0.2) is 29.0 Å². The molecule has 1 saturated carbocycles. The van der Waals surface area contributed by atoms with Crippen LogP contribution in [0, 0.1) is 11.8 Å². The van der Waals surface area contributed by atoms with Crippen molar-refractivity contribution in [1.82, 2.24) is 0 Å². The van der Waals surface area contributed by atoms with Gasteiger partial charge in [0.25, 0.3) is 0 Å². The Kier molecular flexibility index (Phi) is 9.24. The minimum atomic E-state index is -4.43. The number of benzene rings is 1. The Hall–Kier alpha value is -1.79. The third kappa shape index (κ3) is 7.86. The number of ether oxygens (including phenoxy) is 1. The summed E-state index contributed by atoms with van der Waals surface area (Å²) in [5, 5.41) is 20.3. The van der Waals surface area contributed by atoms with Gasteiger partial charge in [-0.2, -0.15) is 13.2 Å². The van der Waals surface area contributed by atoms with Crippen molar-refractivity contribution in [1.29, 1.82) is 0 Å². The number of allylic oxidation sites excluding steroid dienone is 3. The molecule has 0 amide bonds. The summed E-state index contributed by atoms with van der Waals surface area (Å²) in [6.07, 6.45) is 7.85. The minimum absolute atomic E-state index is 0.0682. The fourth-order valence-electron chi connectivity index (χ4n) is 3.61. The molecule has 1 aromatic rings. The Bertz CT molecular complexity index is 670. The maximum atomic E-state index is 12.7. The lowest BCUT2D eigenvalue weighted by Crippen LogP contribution is -2.19. The molecule has 2 rings (SSSR count). The van der Waals surface area contributed by atoms with Gasteiger partial charge in [-0.1, -0.05) is 50.1 Å². The van der Waals surface area contributed by atoms with E-state index in [-0.39, 0.29) is 30.3 Å². The quantitative estimate of drug-likeness (QED) is 0.393. The van der Waals surface area contributed by atoms with Gasteiger partial charge < -0.3 is 14.9 Å². The third-order valence-electron chi connectivity index (χ3n) is 5.30. The summed E-state index contributed by atoms with van der Waals surface area (Å²) in [6, 6.07) is 4.61. The summed E-state index contributed by atoms with van der Waals surface area (Å²) in [5.74, 6) is 0.364. The summed E-state index contributed by atoms with van der Waals surface area (Å²) in [5.41, 5.74) is -0.783. The highest BCUT2D eigenvalue weighted by molar-refractivity contribution is 5.30. The second kappa shape index (κ2) is 11.4. The van der Waals surface area contributed by atoms with E-state index in [2.05, 4.69) is 19.1 Å². The van der Waals surface area contributed by atoms with Gasteiger partial charge in [0, 0.05) is 0 Å². The second-order valence-corrected chi connectivity index (χ2v) is 7.61. The summed E-state index contributed by atoms with van der Waals surface area (Å²) >= 11 is 0. The SMILES string of the molecule is CCCC/C=C\C[C@H]1[C@@H](O)CC[C@@H]1/C=C/[C@@H](O)COc1cccc(C(F)(F)F)c1. The first-order chi connectivity index (χ1) is 13.8. The van der Waals surface area contributed by atoms with Gasteiger partial charge in [0.05, 0.1) is 11.7 Å². The number of aliphatic hydroxyl groups excluding tert-OH is 2. The van der Waals surface area contributed by atoms with Crippen LogP contribution in [-0.2, 0) is 6.18 Å². The molecule has 0 spiro atoms. The zero-order valence-electron chi connectivity index (χ0n) is 16.8. The Morgan fingerprint density at radius 3 is 2.76 bits per heavy atom. The number of aliphatic hydroxyl groups is 2. The molecular weight excluding hydrogens is 381 g/mol. The standard InChI is InChI=1S/C23H31F3O3/c1-2-3-4-5-6-10-21-17(12-14-22(21)28)11-13-19(27)16-29-20-9-7-8-18(15-20)23(24,25)26/h5-9,11,13,15,17,19,21-22,27-28H,2-4,10,12,14,16H2,1H3/b6-5-,13-11+/t17-,19+,21+,22-/m0/s1. The molecule has 162 valence electrons. The average Bonchev–Trinajstić information content (AvgIpc) is 3.04. The highest BCUT2D eigenvalue weighted by Gasteiger charge is 2.32. The van der Waals surface area contributed by atoms with Crippen molar-refractivity contribution in [3.05, 3.63) is 54.1 Å². The van der Waals surface area contributed by atoms with Crippen LogP contribution < -0.4 is 4.74 Å². The fraction of sp³-hybridized carbons (Fsp3) is 0.565. The van der Waals surface area contributed by atoms with E-state index >= 15 is 0 Å². The van der Waals surface area contributed by atoms with Gasteiger partial charge >= 0.3 is 6.18 Å². The van der Waals surface area contributed by atoms with E-state index < -0.39 is 17.8 Å². The van der Waals surface area contributed by atoms with Crippen molar-refractivity contribution in [2.75, 3.05) is 6.61 Å². The van der Waals surface area contributed by atoms with Crippen LogP contribution in [0.3, 0.4) is 0 Å². The molecule has 1 aliphatic carbocycles. The van der Waals surface area contributed by atoms with Crippen LogP contribution in [0.2, 0.25) is 0 Å². The molecule has 0 bridgehead atoms. The van der Waals surface area contributed by atoms with E-state index in [1.54, 1.807) is 6.08 Å². The normalized spacial score (nSPS) is 23.9. The molecule has 6 heteroatoms. The predicted octanol–water partition coefficient (Wildman–Crippen LogP) is 5.52. The highest BCUT2D eigenvalue weighted by atomic mass is 19.4. The number of hydrogen-bond acceptors (Lipinski definition) is 3. The lowest BCUT2D eigenvalue weighted by Gasteiger charge is -2.18. The highest BCUT2D eigenvalue weighted by Crippen LogP contribution is 2.36. The van der Waals surface area contributed by atoms with Gasteiger partial charge in [0.2, 0.25) is 0 Å². The topological polar surface area (TPSA) is 49.7 Å². The molecule has 1 fully saturated rings.